The molecule has 2 N–H and O–H groups in total. The quantitative estimate of drug-likeness (QED) is 0.399. The van der Waals surface area contributed by atoms with Crippen molar-refractivity contribution in [2.24, 2.45) is 10.8 Å². The fraction of sp³-hybridized carbons (Fsp3) is 0.222. The number of carbonyl (C=O) groups excluding carboxylic acids is 1. The Labute approximate surface area is 155 Å². The van der Waals surface area contributed by atoms with Crippen LogP contribution in [0, 0.1) is 0 Å². The number of fused-ring (bicyclic) bond motifs is 1. The van der Waals surface area contributed by atoms with Gasteiger partial charge in [0, 0.05) is 23.6 Å². The van der Waals surface area contributed by atoms with E-state index in [4.69, 9.17) is 22.9 Å². The number of benzene rings is 2. The van der Waals surface area contributed by atoms with Gasteiger partial charge in [-0.25, -0.2) is 4.98 Å². The van der Waals surface area contributed by atoms with E-state index in [0.717, 1.165) is 29.0 Å². The van der Waals surface area contributed by atoms with E-state index < -0.39 is 5.91 Å². The van der Waals surface area contributed by atoms with Gasteiger partial charge in [0.2, 0.25) is 5.91 Å². The number of aromatic nitrogens is 2. The highest BCUT2D eigenvalue weighted by atomic mass is 35.5. The lowest BCUT2D eigenvalue weighted by molar-refractivity contribution is 0.100. The number of primary amides is 1. The molecular weight excluding hydrogens is 352 g/mol. The topological polar surface area (TPSA) is 110 Å². The van der Waals surface area contributed by atoms with E-state index >= 15 is 0 Å². The first-order valence-electron chi connectivity index (χ1n) is 8.16. The number of nitrogens with two attached hydrogens (primary N) is 1. The van der Waals surface area contributed by atoms with Crippen molar-refractivity contribution >= 4 is 28.5 Å². The second-order valence-corrected chi connectivity index (χ2v) is 6.18. The number of hydrogen-bond acceptors (Lipinski definition) is 3. The zero-order chi connectivity index (χ0) is 18.7. The van der Waals surface area contributed by atoms with Crippen molar-refractivity contribution in [3.8, 4) is 5.69 Å². The van der Waals surface area contributed by atoms with Crippen LogP contribution in [0.2, 0.25) is 5.02 Å². The predicted octanol–water partition coefficient (Wildman–Crippen LogP) is 4.19. The van der Waals surface area contributed by atoms with Gasteiger partial charge in [0.1, 0.15) is 5.82 Å². The fourth-order valence-electron chi connectivity index (χ4n) is 2.90. The molecule has 0 saturated carbocycles. The third-order valence-electron chi connectivity index (χ3n) is 4.15. The first-order chi connectivity index (χ1) is 12.5. The SMILES string of the molecule is CCc1nc2cc(C(N)=O)c(Cl)cc2n1-c1ccc(CCN=[N+]=[N-])cc1. The standard InChI is InChI=1S/C18H17ClN6O/c1-2-17-23-15-9-13(18(20)26)14(19)10-16(15)25(17)12-5-3-11(4-6-12)7-8-22-24-21/h3-6,9-10H,2,7-8H2,1H3,(H2,20,26). The highest BCUT2D eigenvalue weighted by Crippen LogP contribution is 2.28. The van der Waals surface area contributed by atoms with E-state index in [2.05, 4.69) is 15.0 Å². The summed E-state index contributed by atoms with van der Waals surface area (Å²) in [5.41, 5.74) is 17.5. The van der Waals surface area contributed by atoms with E-state index in [1.54, 1.807) is 12.1 Å². The summed E-state index contributed by atoms with van der Waals surface area (Å²) in [4.78, 5) is 18.9. The molecule has 0 unspecified atom stereocenters. The average molecular weight is 369 g/mol. The van der Waals surface area contributed by atoms with Crippen molar-refractivity contribution in [2.75, 3.05) is 6.54 Å². The van der Waals surface area contributed by atoms with E-state index in [1.807, 2.05) is 35.8 Å². The zero-order valence-electron chi connectivity index (χ0n) is 14.2. The maximum Gasteiger partial charge on any atom is 0.250 e. The largest absolute Gasteiger partial charge is 0.366 e. The number of hydrogen-bond donors (Lipinski definition) is 1. The average Bonchev–Trinajstić information content (AvgIpc) is 2.99. The van der Waals surface area contributed by atoms with Gasteiger partial charge in [0.25, 0.3) is 0 Å². The molecule has 0 fully saturated rings. The van der Waals surface area contributed by atoms with E-state index in [0.29, 0.717) is 23.5 Å². The second-order valence-electron chi connectivity index (χ2n) is 5.77. The normalized spacial score (nSPS) is 10.7. The van der Waals surface area contributed by atoms with Crippen molar-refractivity contribution in [1.82, 2.24) is 9.55 Å². The summed E-state index contributed by atoms with van der Waals surface area (Å²) >= 11 is 6.22. The summed E-state index contributed by atoms with van der Waals surface area (Å²) in [6.07, 6.45) is 1.40. The van der Waals surface area contributed by atoms with Crippen molar-refractivity contribution in [3.05, 3.63) is 68.8 Å². The van der Waals surface area contributed by atoms with E-state index in [9.17, 15) is 4.79 Å². The predicted molar refractivity (Wildman–Crippen MR) is 102 cm³/mol. The van der Waals surface area contributed by atoms with E-state index in [-0.39, 0.29) is 5.56 Å². The Morgan fingerprint density at radius 2 is 2.08 bits per heavy atom. The molecule has 0 bridgehead atoms. The monoisotopic (exact) mass is 368 g/mol. The summed E-state index contributed by atoms with van der Waals surface area (Å²) in [6.45, 7) is 2.44. The number of halogens is 1. The number of azide groups is 1. The Balaban J connectivity index is 2.07. The van der Waals surface area contributed by atoms with Gasteiger partial charge < -0.3 is 5.73 Å². The fourth-order valence-corrected chi connectivity index (χ4v) is 3.15. The molecule has 1 amide bonds. The van der Waals surface area contributed by atoms with Crippen molar-refractivity contribution < 1.29 is 4.79 Å². The van der Waals surface area contributed by atoms with Crippen molar-refractivity contribution in [3.63, 3.8) is 0 Å². The highest BCUT2D eigenvalue weighted by Gasteiger charge is 2.16. The first-order valence-corrected chi connectivity index (χ1v) is 8.53. The molecule has 2 aromatic carbocycles. The molecule has 132 valence electrons. The molecule has 0 spiro atoms. The van der Waals surface area contributed by atoms with Crippen LogP contribution in [0.4, 0.5) is 0 Å². The zero-order valence-corrected chi connectivity index (χ0v) is 14.9. The summed E-state index contributed by atoms with van der Waals surface area (Å²) in [6, 6.07) is 11.3. The molecule has 8 heteroatoms. The first kappa shape index (κ1) is 17.8. The van der Waals surface area contributed by atoms with Gasteiger partial charge in [-0.15, -0.1) is 0 Å². The molecule has 26 heavy (non-hydrogen) atoms. The summed E-state index contributed by atoms with van der Waals surface area (Å²) < 4.78 is 2.02. The van der Waals surface area contributed by atoms with Crippen LogP contribution in [0.3, 0.4) is 0 Å². The van der Waals surface area contributed by atoms with Crippen LogP contribution in [-0.2, 0) is 12.8 Å². The lowest BCUT2D eigenvalue weighted by Gasteiger charge is -2.10. The molecule has 0 radical (unpaired) electrons. The summed E-state index contributed by atoms with van der Waals surface area (Å²) in [5, 5.41) is 3.86. The molecule has 0 aliphatic heterocycles. The molecule has 0 saturated heterocycles. The Bertz CT molecular complexity index is 1020. The third kappa shape index (κ3) is 3.35. The summed E-state index contributed by atoms with van der Waals surface area (Å²) in [5.74, 6) is 0.286. The van der Waals surface area contributed by atoms with Crippen LogP contribution in [0.25, 0.3) is 27.2 Å². The highest BCUT2D eigenvalue weighted by molar-refractivity contribution is 6.34. The summed E-state index contributed by atoms with van der Waals surface area (Å²) in [7, 11) is 0. The maximum atomic E-state index is 11.5. The lowest BCUT2D eigenvalue weighted by atomic mass is 10.1. The van der Waals surface area contributed by atoms with Gasteiger partial charge in [-0.2, -0.15) is 0 Å². The van der Waals surface area contributed by atoms with Crippen LogP contribution < -0.4 is 5.73 Å². The van der Waals surface area contributed by atoms with Gasteiger partial charge in [0.05, 0.1) is 21.6 Å². The van der Waals surface area contributed by atoms with Crippen LogP contribution in [0.5, 0.6) is 0 Å². The molecule has 7 nitrogen and oxygen atoms in total. The Kier molecular flexibility index (Phi) is 5.11. The molecule has 1 aromatic heterocycles. The molecule has 1 heterocycles. The molecule has 3 rings (SSSR count). The molecule has 0 atom stereocenters. The second kappa shape index (κ2) is 7.47. The van der Waals surface area contributed by atoms with Crippen LogP contribution in [-0.4, -0.2) is 22.0 Å². The van der Waals surface area contributed by atoms with Gasteiger partial charge >= 0.3 is 0 Å². The number of rotatable bonds is 6. The van der Waals surface area contributed by atoms with Gasteiger partial charge in [-0.1, -0.05) is 35.8 Å². The Morgan fingerprint density at radius 1 is 1.35 bits per heavy atom. The Hall–Kier alpha value is -3.02. The minimum Gasteiger partial charge on any atom is -0.366 e. The van der Waals surface area contributed by atoms with Gasteiger partial charge in [-0.3, -0.25) is 9.36 Å². The molecule has 3 aromatic rings. The van der Waals surface area contributed by atoms with Crippen molar-refractivity contribution in [1.29, 1.82) is 0 Å². The number of aryl methyl sites for hydroxylation is 1. The number of carbonyl (C=O) groups is 1. The van der Waals surface area contributed by atoms with Gasteiger partial charge in [-0.05, 0) is 41.8 Å². The number of imidazole rings is 1. The number of nitrogens with zero attached hydrogens (tertiary/aromatic N) is 5. The van der Waals surface area contributed by atoms with Crippen LogP contribution in [0.15, 0.2) is 41.5 Å². The molecule has 0 aliphatic rings. The van der Waals surface area contributed by atoms with E-state index in [1.165, 1.54) is 0 Å². The Morgan fingerprint density at radius 3 is 2.69 bits per heavy atom. The van der Waals surface area contributed by atoms with Crippen molar-refractivity contribution in [2.45, 2.75) is 19.8 Å². The van der Waals surface area contributed by atoms with Crippen LogP contribution >= 0.6 is 11.6 Å². The lowest BCUT2D eigenvalue weighted by Crippen LogP contribution is -2.11. The molecule has 0 aliphatic carbocycles. The van der Waals surface area contributed by atoms with Gasteiger partial charge in [0.15, 0.2) is 0 Å². The minimum absolute atomic E-state index is 0.264. The smallest absolute Gasteiger partial charge is 0.250 e. The number of amides is 1. The molecular formula is C18H17ClN6O. The third-order valence-corrected chi connectivity index (χ3v) is 4.47. The minimum atomic E-state index is -0.575. The van der Waals surface area contributed by atoms with Crippen LogP contribution in [0.1, 0.15) is 28.7 Å². The maximum absolute atomic E-state index is 11.5.